The van der Waals surface area contributed by atoms with Crippen molar-refractivity contribution >= 4 is 21.6 Å². The Hall–Kier alpha value is -2.25. The zero-order valence-corrected chi connectivity index (χ0v) is 14.4. The van der Waals surface area contributed by atoms with Gasteiger partial charge in [0.2, 0.25) is 15.9 Å². The number of carbonyl (C=O) groups excluding carboxylic acids is 1. The first-order chi connectivity index (χ1) is 12.0. The lowest BCUT2D eigenvalue weighted by atomic mass is 10.0. The first kappa shape index (κ1) is 17.6. The van der Waals surface area contributed by atoms with Crippen LogP contribution in [0.1, 0.15) is 19.3 Å². The SMILES string of the molecule is O=C(Nc1ccc(F)cc1)[C@H]1CCCCN1S(=O)(=O)c1ccccc1. The van der Waals surface area contributed by atoms with Crippen molar-refractivity contribution in [2.75, 3.05) is 11.9 Å². The van der Waals surface area contributed by atoms with Gasteiger partial charge in [-0.25, -0.2) is 12.8 Å². The van der Waals surface area contributed by atoms with E-state index in [2.05, 4.69) is 5.32 Å². The van der Waals surface area contributed by atoms with Gasteiger partial charge >= 0.3 is 0 Å². The fourth-order valence-corrected chi connectivity index (χ4v) is 4.62. The third-order valence-corrected chi connectivity index (χ3v) is 6.14. The summed E-state index contributed by atoms with van der Waals surface area (Å²) < 4.78 is 40.0. The van der Waals surface area contributed by atoms with Crippen LogP contribution in [0.15, 0.2) is 59.5 Å². The van der Waals surface area contributed by atoms with Crippen molar-refractivity contribution in [3.63, 3.8) is 0 Å². The lowest BCUT2D eigenvalue weighted by Crippen LogP contribution is -2.49. The van der Waals surface area contributed by atoms with Gasteiger partial charge in [-0.3, -0.25) is 4.79 Å². The van der Waals surface area contributed by atoms with Crippen LogP contribution in [0.5, 0.6) is 0 Å². The van der Waals surface area contributed by atoms with Crippen LogP contribution in [-0.2, 0) is 14.8 Å². The Morgan fingerprint density at radius 2 is 1.72 bits per heavy atom. The van der Waals surface area contributed by atoms with Crippen molar-refractivity contribution in [3.8, 4) is 0 Å². The van der Waals surface area contributed by atoms with Crippen molar-refractivity contribution in [1.29, 1.82) is 0 Å². The standard InChI is InChI=1S/C18H19FN2O3S/c19-14-9-11-15(12-10-14)20-18(22)17-8-4-5-13-21(17)25(23,24)16-6-2-1-3-7-16/h1-3,6-7,9-12,17H,4-5,8,13H2,(H,20,22)/t17-/m1/s1. The second-order valence-electron chi connectivity index (χ2n) is 5.94. The Kier molecular flexibility index (Phi) is 5.15. The van der Waals surface area contributed by atoms with Gasteiger partial charge in [0.1, 0.15) is 11.9 Å². The van der Waals surface area contributed by atoms with Crippen LogP contribution in [-0.4, -0.2) is 31.2 Å². The first-order valence-electron chi connectivity index (χ1n) is 8.12. The highest BCUT2D eigenvalue weighted by Crippen LogP contribution is 2.26. The molecule has 0 saturated carbocycles. The number of carbonyl (C=O) groups is 1. The molecule has 25 heavy (non-hydrogen) atoms. The lowest BCUT2D eigenvalue weighted by Gasteiger charge is -2.33. The summed E-state index contributed by atoms with van der Waals surface area (Å²) >= 11 is 0. The van der Waals surface area contributed by atoms with E-state index in [1.807, 2.05) is 0 Å². The largest absolute Gasteiger partial charge is 0.325 e. The number of nitrogens with one attached hydrogen (secondary N) is 1. The zero-order chi connectivity index (χ0) is 17.9. The molecule has 1 atom stereocenters. The molecule has 2 aromatic carbocycles. The zero-order valence-electron chi connectivity index (χ0n) is 13.6. The number of sulfonamides is 1. The average molecular weight is 362 g/mol. The quantitative estimate of drug-likeness (QED) is 0.909. The minimum Gasteiger partial charge on any atom is -0.325 e. The topological polar surface area (TPSA) is 66.5 Å². The molecule has 7 heteroatoms. The Bertz CT molecular complexity index is 838. The summed E-state index contributed by atoms with van der Waals surface area (Å²) in [5, 5.41) is 2.68. The molecule has 1 heterocycles. The summed E-state index contributed by atoms with van der Waals surface area (Å²) in [7, 11) is -3.74. The van der Waals surface area contributed by atoms with Gasteiger partial charge in [0.15, 0.2) is 0 Å². The highest BCUT2D eigenvalue weighted by atomic mass is 32.2. The van der Waals surface area contributed by atoms with E-state index in [9.17, 15) is 17.6 Å². The Balaban J connectivity index is 1.83. The van der Waals surface area contributed by atoms with Crippen molar-refractivity contribution < 1.29 is 17.6 Å². The van der Waals surface area contributed by atoms with E-state index in [4.69, 9.17) is 0 Å². The van der Waals surface area contributed by atoms with Gasteiger partial charge in [0, 0.05) is 12.2 Å². The predicted octanol–water partition coefficient (Wildman–Crippen LogP) is 3.01. The van der Waals surface area contributed by atoms with Gasteiger partial charge in [-0.1, -0.05) is 24.6 Å². The molecule has 0 radical (unpaired) electrons. The molecule has 1 aliphatic rings. The van der Waals surface area contributed by atoms with E-state index in [-0.39, 0.29) is 4.90 Å². The second kappa shape index (κ2) is 7.33. The van der Waals surface area contributed by atoms with Crippen molar-refractivity contribution in [2.24, 2.45) is 0 Å². The number of rotatable bonds is 4. The van der Waals surface area contributed by atoms with E-state index >= 15 is 0 Å². The number of amides is 1. The van der Waals surface area contributed by atoms with Gasteiger partial charge < -0.3 is 5.32 Å². The second-order valence-corrected chi connectivity index (χ2v) is 7.83. The van der Waals surface area contributed by atoms with Gasteiger partial charge in [0.25, 0.3) is 0 Å². The molecule has 0 bridgehead atoms. The molecule has 0 aromatic heterocycles. The average Bonchev–Trinajstić information content (AvgIpc) is 2.64. The van der Waals surface area contributed by atoms with Gasteiger partial charge in [0.05, 0.1) is 4.90 Å². The maximum Gasteiger partial charge on any atom is 0.243 e. The van der Waals surface area contributed by atoms with E-state index in [0.717, 1.165) is 6.42 Å². The van der Waals surface area contributed by atoms with Gasteiger partial charge in [-0.15, -0.1) is 0 Å². The van der Waals surface area contributed by atoms with Crippen LogP contribution in [0.3, 0.4) is 0 Å². The van der Waals surface area contributed by atoms with Crippen LogP contribution >= 0.6 is 0 Å². The summed E-state index contributed by atoms with van der Waals surface area (Å²) in [6.45, 7) is 0.304. The number of nitrogens with zero attached hydrogens (tertiary/aromatic N) is 1. The molecule has 1 fully saturated rings. The summed E-state index contributed by atoms with van der Waals surface area (Å²) in [5.41, 5.74) is 0.439. The van der Waals surface area contributed by atoms with Gasteiger partial charge in [-0.2, -0.15) is 4.31 Å². The Labute approximate surface area is 146 Å². The highest BCUT2D eigenvalue weighted by Gasteiger charge is 2.37. The predicted molar refractivity (Wildman–Crippen MR) is 93.0 cm³/mol. The normalized spacial score (nSPS) is 18.7. The van der Waals surface area contributed by atoms with Crippen LogP contribution in [0.25, 0.3) is 0 Å². The molecule has 1 aliphatic heterocycles. The molecule has 0 spiro atoms. The van der Waals surface area contributed by atoms with E-state index < -0.39 is 27.8 Å². The van der Waals surface area contributed by atoms with Crippen LogP contribution in [0.4, 0.5) is 10.1 Å². The van der Waals surface area contributed by atoms with E-state index in [1.54, 1.807) is 18.2 Å². The summed E-state index contributed by atoms with van der Waals surface area (Å²) in [6.07, 6.45) is 1.95. The number of halogens is 1. The monoisotopic (exact) mass is 362 g/mol. The number of hydrogen-bond acceptors (Lipinski definition) is 3. The maximum atomic E-state index is 13.0. The lowest BCUT2D eigenvalue weighted by molar-refractivity contribution is -0.120. The van der Waals surface area contributed by atoms with Crippen molar-refractivity contribution in [3.05, 3.63) is 60.4 Å². The number of benzene rings is 2. The van der Waals surface area contributed by atoms with E-state index in [1.165, 1.54) is 40.7 Å². The van der Waals surface area contributed by atoms with Gasteiger partial charge in [-0.05, 0) is 49.2 Å². The minimum absolute atomic E-state index is 0.177. The van der Waals surface area contributed by atoms with Crippen LogP contribution in [0.2, 0.25) is 0 Å². The fraction of sp³-hybridized carbons (Fsp3) is 0.278. The third kappa shape index (κ3) is 3.88. The van der Waals surface area contributed by atoms with Crippen molar-refractivity contribution in [2.45, 2.75) is 30.2 Å². The molecule has 0 unspecified atom stereocenters. The molecule has 2 aromatic rings. The molecule has 5 nitrogen and oxygen atoms in total. The summed E-state index contributed by atoms with van der Waals surface area (Å²) in [6, 6.07) is 12.7. The highest BCUT2D eigenvalue weighted by molar-refractivity contribution is 7.89. The number of anilines is 1. The first-order valence-corrected chi connectivity index (χ1v) is 9.56. The maximum absolute atomic E-state index is 13.0. The third-order valence-electron chi connectivity index (χ3n) is 4.22. The van der Waals surface area contributed by atoms with Crippen molar-refractivity contribution in [1.82, 2.24) is 4.31 Å². The Morgan fingerprint density at radius 3 is 2.40 bits per heavy atom. The molecule has 132 valence electrons. The van der Waals surface area contributed by atoms with E-state index in [0.29, 0.717) is 25.1 Å². The molecular formula is C18H19FN2O3S. The Morgan fingerprint density at radius 1 is 1.04 bits per heavy atom. The number of hydrogen-bond donors (Lipinski definition) is 1. The van der Waals surface area contributed by atoms with Crippen LogP contribution in [0, 0.1) is 5.82 Å². The molecule has 1 amide bonds. The molecule has 0 aliphatic carbocycles. The molecule has 1 saturated heterocycles. The molecule has 3 rings (SSSR count). The summed E-state index contributed by atoms with van der Waals surface area (Å²) in [4.78, 5) is 12.8. The number of piperidine rings is 1. The minimum atomic E-state index is -3.74. The molecular weight excluding hydrogens is 343 g/mol. The fourth-order valence-electron chi connectivity index (χ4n) is 2.94. The smallest absolute Gasteiger partial charge is 0.243 e. The summed E-state index contributed by atoms with van der Waals surface area (Å²) in [5.74, 6) is -0.797. The van der Waals surface area contributed by atoms with Crippen LogP contribution < -0.4 is 5.32 Å². The molecule has 1 N–H and O–H groups in total.